The summed E-state index contributed by atoms with van der Waals surface area (Å²) >= 11 is 0. The highest BCUT2D eigenvalue weighted by Crippen LogP contribution is 2.55. The molecule has 5 rings (SSSR count). The van der Waals surface area contributed by atoms with E-state index < -0.39 is 6.02 Å². The van der Waals surface area contributed by atoms with Crippen molar-refractivity contribution in [2.24, 2.45) is 29.0 Å². The van der Waals surface area contributed by atoms with Crippen molar-refractivity contribution < 1.29 is 6.21 Å². The quantitative estimate of drug-likeness (QED) is 0.608. The largest absolute Gasteiger partial charge is 0.249 e. The third kappa shape index (κ3) is 2.46. The summed E-state index contributed by atoms with van der Waals surface area (Å²) in [6.45, 7) is 0.291. The zero-order valence-electron chi connectivity index (χ0n) is 13.1. The van der Waals surface area contributed by atoms with E-state index in [2.05, 4.69) is 5.29 Å². The average Bonchev–Trinajstić information content (AvgIpc) is 2.53. The van der Waals surface area contributed by atoms with E-state index in [4.69, 9.17) is 6.21 Å². The van der Waals surface area contributed by atoms with Gasteiger partial charge in [0.05, 0.1) is 12.7 Å². The predicted molar refractivity (Wildman–Crippen MR) is 79.7 cm³/mol. The van der Waals surface area contributed by atoms with E-state index in [1.54, 1.807) is 0 Å². The van der Waals surface area contributed by atoms with E-state index in [0.29, 0.717) is 6.61 Å². The molecule has 4 heteroatoms. The number of hydroxylamine groups is 1. The van der Waals surface area contributed by atoms with Crippen molar-refractivity contribution in [1.82, 2.24) is 5.17 Å². The Balaban J connectivity index is 1.52. The zero-order chi connectivity index (χ0) is 15.2. The lowest BCUT2D eigenvalue weighted by atomic mass is 9.54. The van der Waals surface area contributed by atoms with Crippen LogP contribution >= 0.6 is 0 Å². The van der Waals surface area contributed by atoms with Crippen molar-refractivity contribution in [3.8, 4) is 0 Å². The lowest BCUT2D eigenvalue weighted by Crippen LogP contribution is -2.54. The van der Waals surface area contributed by atoms with Crippen LogP contribution in [0, 0.1) is 28.6 Å². The fourth-order valence-corrected chi connectivity index (χ4v) is 4.83. The monoisotopic (exact) mass is 287 g/mol. The van der Waals surface area contributed by atoms with E-state index in [1.807, 2.05) is 30.3 Å². The first-order valence-corrected chi connectivity index (χ1v) is 8.00. The molecule has 0 radical (unpaired) electrons. The Morgan fingerprint density at radius 3 is 2.29 bits per heavy atom. The van der Waals surface area contributed by atoms with Gasteiger partial charge in [0.2, 0.25) is 0 Å². The molecule has 0 aromatic heterocycles. The summed E-state index contributed by atoms with van der Waals surface area (Å²) in [7, 11) is 0. The molecule has 4 bridgehead atoms. The Morgan fingerprint density at radius 2 is 1.71 bits per heavy atom. The summed E-state index contributed by atoms with van der Waals surface area (Å²) in [4.78, 5) is 17.1. The van der Waals surface area contributed by atoms with Gasteiger partial charge >= 0.3 is 0 Å². The van der Waals surface area contributed by atoms with E-state index in [1.165, 1.54) is 6.42 Å². The molecule has 0 heterocycles. The van der Waals surface area contributed by atoms with Crippen LogP contribution < -0.4 is 0 Å². The van der Waals surface area contributed by atoms with Crippen molar-refractivity contribution in [3.63, 3.8) is 0 Å². The van der Waals surface area contributed by atoms with Gasteiger partial charge in [0.15, 0.2) is 0 Å². The molecule has 4 aliphatic rings. The van der Waals surface area contributed by atoms with Crippen LogP contribution in [-0.4, -0.2) is 11.2 Å². The minimum atomic E-state index is -0.968. The molecule has 4 fully saturated rings. The fourth-order valence-electron chi connectivity index (χ4n) is 4.83. The number of nitrogens with zero attached hydrogens (tertiary/aromatic N) is 2. The fraction of sp³-hybridized carbons (Fsp3) is 0.647. The van der Waals surface area contributed by atoms with Gasteiger partial charge in [0, 0.05) is 0 Å². The predicted octanol–water partition coefficient (Wildman–Crippen LogP) is 3.93. The Labute approximate surface area is 126 Å². The lowest BCUT2D eigenvalue weighted by Gasteiger charge is -2.55. The topological polar surface area (TPSA) is 41.9 Å². The summed E-state index contributed by atoms with van der Waals surface area (Å²) in [6.07, 6.45) is 5.53. The van der Waals surface area contributed by atoms with Crippen LogP contribution in [0.4, 0.5) is 0 Å². The van der Waals surface area contributed by atoms with Crippen molar-refractivity contribution >= 4 is 0 Å². The Kier molecular flexibility index (Phi) is 3.13. The standard InChI is InChI=1S/C17H22N2O2/c20-18-19(21-11-12-4-2-1-3-5-12)17-15-7-13-6-14(9-15)10-16(17)8-13/h1-5,13-17H,6-11H2/i17D. The second kappa shape index (κ2) is 5.41. The number of hydrogen-bond donors (Lipinski definition) is 0. The maximum Gasteiger partial charge on any atom is 0.102 e. The van der Waals surface area contributed by atoms with Crippen LogP contribution in [0.15, 0.2) is 35.6 Å². The number of rotatable bonds is 5. The van der Waals surface area contributed by atoms with Crippen molar-refractivity contribution in [3.05, 3.63) is 40.8 Å². The molecule has 4 saturated carbocycles. The molecule has 112 valence electrons. The molecule has 1 aromatic rings. The van der Waals surface area contributed by atoms with Crippen LogP contribution in [-0.2, 0) is 11.4 Å². The first kappa shape index (κ1) is 12.2. The summed E-state index contributed by atoms with van der Waals surface area (Å²) in [5.41, 5.74) is 0.989. The molecular formula is C17H22N2O2. The smallest absolute Gasteiger partial charge is 0.102 e. The molecule has 4 aliphatic carbocycles. The van der Waals surface area contributed by atoms with Gasteiger partial charge in [-0.05, 0) is 61.3 Å². The van der Waals surface area contributed by atoms with Gasteiger partial charge in [0.1, 0.15) is 6.61 Å². The van der Waals surface area contributed by atoms with E-state index >= 15 is 0 Å². The van der Waals surface area contributed by atoms with Crippen LogP contribution in [0.25, 0.3) is 0 Å². The molecule has 21 heavy (non-hydrogen) atoms. The number of hydrogen-bond acceptors (Lipinski definition) is 3. The van der Waals surface area contributed by atoms with Crippen LogP contribution in [0.5, 0.6) is 0 Å². The molecule has 1 aromatic carbocycles. The maximum atomic E-state index is 11.4. The van der Waals surface area contributed by atoms with Gasteiger partial charge in [0.25, 0.3) is 0 Å². The highest BCUT2D eigenvalue weighted by atomic mass is 16.7. The SMILES string of the molecule is [2H]C1(N(N=O)OCc2ccccc2)C2CC3CC(C2)CC1C3. The summed E-state index contributed by atoms with van der Waals surface area (Å²) in [5.74, 6) is 1.95. The van der Waals surface area contributed by atoms with E-state index in [0.717, 1.165) is 48.3 Å². The third-order valence-corrected chi connectivity index (χ3v) is 5.47. The van der Waals surface area contributed by atoms with Crippen LogP contribution in [0.2, 0.25) is 0 Å². The van der Waals surface area contributed by atoms with Gasteiger partial charge in [-0.3, -0.25) is 0 Å². The van der Waals surface area contributed by atoms with E-state index in [9.17, 15) is 4.91 Å². The van der Waals surface area contributed by atoms with Crippen molar-refractivity contribution in [2.75, 3.05) is 0 Å². The highest BCUT2D eigenvalue weighted by molar-refractivity contribution is 5.13. The molecule has 0 spiro atoms. The van der Waals surface area contributed by atoms with Crippen LogP contribution in [0.1, 0.15) is 39.0 Å². The second-order valence-corrected chi connectivity index (χ2v) is 6.84. The molecule has 0 aliphatic heterocycles. The maximum absolute atomic E-state index is 11.4. The van der Waals surface area contributed by atoms with Gasteiger partial charge < -0.3 is 0 Å². The average molecular weight is 287 g/mol. The number of benzene rings is 1. The third-order valence-electron chi connectivity index (χ3n) is 5.47. The Morgan fingerprint density at radius 1 is 1.10 bits per heavy atom. The minimum absolute atomic E-state index is 0.220. The molecule has 0 unspecified atom stereocenters. The van der Waals surface area contributed by atoms with Gasteiger partial charge in [-0.15, -0.1) is 10.1 Å². The minimum Gasteiger partial charge on any atom is -0.249 e. The number of nitroso groups, excluding NO2 is 1. The molecular weight excluding hydrogens is 264 g/mol. The van der Waals surface area contributed by atoms with Gasteiger partial charge in [-0.1, -0.05) is 30.3 Å². The summed E-state index contributed by atoms with van der Waals surface area (Å²) in [6, 6.07) is 8.77. The van der Waals surface area contributed by atoms with Crippen molar-refractivity contribution in [1.29, 1.82) is 0 Å². The Bertz CT molecular complexity index is 523. The lowest BCUT2D eigenvalue weighted by molar-refractivity contribution is -0.244. The zero-order valence-corrected chi connectivity index (χ0v) is 12.1. The molecule has 0 amide bonds. The van der Waals surface area contributed by atoms with Gasteiger partial charge in [-0.2, -0.15) is 0 Å². The first-order chi connectivity index (χ1) is 10.7. The van der Waals surface area contributed by atoms with Crippen molar-refractivity contribution in [2.45, 2.75) is 44.7 Å². The highest BCUT2D eigenvalue weighted by Gasteiger charge is 2.51. The summed E-state index contributed by atoms with van der Waals surface area (Å²) < 4.78 is 8.98. The molecule has 0 atom stereocenters. The van der Waals surface area contributed by atoms with Crippen LogP contribution in [0.3, 0.4) is 0 Å². The summed E-state index contributed by atoms with van der Waals surface area (Å²) in [5, 5.41) is 4.18. The molecule has 0 N–H and O–H groups in total. The van der Waals surface area contributed by atoms with E-state index in [-0.39, 0.29) is 11.8 Å². The second-order valence-electron chi connectivity index (χ2n) is 6.84. The Hall–Kier alpha value is -1.42. The molecule has 0 saturated heterocycles. The van der Waals surface area contributed by atoms with Gasteiger partial charge in [-0.25, -0.2) is 4.84 Å². The first-order valence-electron chi connectivity index (χ1n) is 8.50. The normalized spacial score (nSPS) is 40.9. The molecule has 4 nitrogen and oxygen atoms in total.